The van der Waals surface area contributed by atoms with Crippen LogP contribution < -0.4 is 5.32 Å². The summed E-state index contributed by atoms with van der Waals surface area (Å²) in [4.78, 5) is 27.1. The molecule has 0 aromatic heterocycles. The van der Waals surface area contributed by atoms with Crippen LogP contribution in [0.3, 0.4) is 0 Å². The van der Waals surface area contributed by atoms with Gasteiger partial charge in [-0.25, -0.2) is 0 Å². The van der Waals surface area contributed by atoms with E-state index in [1.807, 2.05) is 59.5 Å². The lowest BCUT2D eigenvalue weighted by Gasteiger charge is -2.29. The maximum atomic E-state index is 12.7. The number of fused-ring (bicyclic) bond motifs is 1. The van der Waals surface area contributed by atoms with Crippen molar-refractivity contribution < 1.29 is 9.59 Å². The van der Waals surface area contributed by atoms with E-state index in [1.54, 1.807) is 24.3 Å². The summed E-state index contributed by atoms with van der Waals surface area (Å²) in [6.45, 7) is 1.18. The zero-order chi connectivity index (χ0) is 20.2. The van der Waals surface area contributed by atoms with Crippen molar-refractivity contribution in [3.63, 3.8) is 0 Å². The van der Waals surface area contributed by atoms with Crippen LogP contribution in [0.5, 0.6) is 0 Å². The van der Waals surface area contributed by atoms with Gasteiger partial charge in [0.2, 0.25) is 0 Å². The second-order valence-electron chi connectivity index (χ2n) is 6.97. The third-order valence-electron chi connectivity index (χ3n) is 5.04. The highest BCUT2D eigenvalue weighted by Gasteiger charge is 2.22. The third kappa shape index (κ3) is 4.02. The summed E-state index contributed by atoms with van der Waals surface area (Å²) in [5.74, 6) is -0.255. The average Bonchev–Trinajstić information content (AvgIpc) is 2.78. The first kappa shape index (κ1) is 18.5. The van der Waals surface area contributed by atoms with Crippen LogP contribution in [-0.2, 0) is 13.0 Å². The standard InChI is InChI=1S/C24H19N3O2/c25-15-17-5-4-8-20(13-17)23(28)26-22-10-9-18-11-12-27(16-21(18)14-22)24(29)19-6-2-1-3-7-19/h1-10,13-14H,11-12,16H2,(H,26,28). The monoisotopic (exact) mass is 381 g/mol. The first-order valence-corrected chi connectivity index (χ1v) is 9.42. The Hall–Kier alpha value is -3.91. The minimum Gasteiger partial charge on any atom is -0.334 e. The number of anilines is 1. The highest BCUT2D eigenvalue weighted by atomic mass is 16.2. The van der Waals surface area contributed by atoms with E-state index in [2.05, 4.69) is 5.32 Å². The van der Waals surface area contributed by atoms with Gasteiger partial charge in [0.25, 0.3) is 11.8 Å². The molecule has 1 heterocycles. The molecule has 3 aromatic rings. The van der Waals surface area contributed by atoms with Gasteiger partial charge < -0.3 is 10.2 Å². The van der Waals surface area contributed by atoms with Gasteiger partial charge in [-0.15, -0.1) is 0 Å². The van der Waals surface area contributed by atoms with E-state index in [4.69, 9.17) is 5.26 Å². The zero-order valence-electron chi connectivity index (χ0n) is 15.8. The first-order chi connectivity index (χ1) is 14.1. The molecule has 0 fully saturated rings. The third-order valence-corrected chi connectivity index (χ3v) is 5.04. The minimum absolute atomic E-state index is 0.0130. The molecule has 29 heavy (non-hydrogen) atoms. The van der Waals surface area contributed by atoms with Crippen LogP contribution in [0, 0.1) is 11.3 Å². The summed E-state index contributed by atoms with van der Waals surface area (Å²) >= 11 is 0. The van der Waals surface area contributed by atoms with Gasteiger partial charge in [0.1, 0.15) is 0 Å². The first-order valence-electron chi connectivity index (χ1n) is 9.42. The molecule has 4 rings (SSSR count). The van der Waals surface area contributed by atoms with Crippen molar-refractivity contribution >= 4 is 17.5 Å². The molecule has 5 nitrogen and oxygen atoms in total. The molecule has 0 bridgehead atoms. The van der Waals surface area contributed by atoms with Crippen LogP contribution >= 0.6 is 0 Å². The van der Waals surface area contributed by atoms with Gasteiger partial charge in [-0.3, -0.25) is 9.59 Å². The summed E-state index contributed by atoms with van der Waals surface area (Å²) in [6, 6.07) is 23.7. The Labute approximate surface area is 169 Å². The van der Waals surface area contributed by atoms with Crippen molar-refractivity contribution in [1.29, 1.82) is 5.26 Å². The predicted octanol–water partition coefficient (Wildman–Crippen LogP) is 4.01. The topological polar surface area (TPSA) is 73.2 Å². The zero-order valence-corrected chi connectivity index (χ0v) is 15.8. The molecule has 1 N–H and O–H groups in total. The molecule has 0 radical (unpaired) electrons. The molecular formula is C24H19N3O2. The second kappa shape index (κ2) is 7.99. The number of carbonyl (C=O) groups excluding carboxylic acids is 2. The van der Waals surface area contributed by atoms with Gasteiger partial charge in [0, 0.05) is 29.9 Å². The largest absolute Gasteiger partial charge is 0.334 e. The van der Waals surface area contributed by atoms with E-state index in [0.29, 0.717) is 35.5 Å². The Bertz CT molecular complexity index is 1120. The maximum Gasteiger partial charge on any atom is 0.255 e. The minimum atomic E-state index is -0.268. The van der Waals surface area contributed by atoms with Crippen molar-refractivity contribution in [2.24, 2.45) is 0 Å². The van der Waals surface area contributed by atoms with Crippen LogP contribution in [0.1, 0.15) is 37.4 Å². The molecule has 0 saturated carbocycles. The summed E-state index contributed by atoms with van der Waals surface area (Å²) < 4.78 is 0. The number of hydrogen-bond donors (Lipinski definition) is 1. The Morgan fingerprint density at radius 2 is 1.69 bits per heavy atom. The van der Waals surface area contributed by atoms with Gasteiger partial charge in [-0.1, -0.05) is 30.3 Å². The molecule has 5 heteroatoms. The second-order valence-corrected chi connectivity index (χ2v) is 6.97. The van der Waals surface area contributed by atoms with Crippen LogP contribution in [0.15, 0.2) is 72.8 Å². The maximum absolute atomic E-state index is 12.7. The lowest BCUT2D eigenvalue weighted by molar-refractivity contribution is 0.0734. The fraction of sp³-hybridized carbons (Fsp3) is 0.125. The molecule has 142 valence electrons. The number of nitrogens with zero attached hydrogens (tertiary/aromatic N) is 2. The van der Waals surface area contributed by atoms with E-state index >= 15 is 0 Å². The van der Waals surface area contributed by atoms with Crippen LogP contribution in [-0.4, -0.2) is 23.3 Å². The molecule has 3 aromatic carbocycles. The lowest BCUT2D eigenvalue weighted by Crippen LogP contribution is -2.36. The van der Waals surface area contributed by atoms with Crippen LogP contribution in [0.4, 0.5) is 5.69 Å². The van der Waals surface area contributed by atoms with Crippen molar-refractivity contribution in [3.8, 4) is 6.07 Å². The number of benzene rings is 3. The van der Waals surface area contributed by atoms with Gasteiger partial charge in [0.05, 0.1) is 11.6 Å². The van der Waals surface area contributed by atoms with Crippen molar-refractivity contribution in [2.45, 2.75) is 13.0 Å². The highest BCUT2D eigenvalue weighted by Crippen LogP contribution is 2.24. The number of nitrogens with one attached hydrogen (secondary N) is 1. The number of carbonyl (C=O) groups is 2. The highest BCUT2D eigenvalue weighted by molar-refractivity contribution is 6.04. The molecule has 0 atom stereocenters. The Morgan fingerprint density at radius 3 is 2.48 bits per heavy atom. The fourth-order valence-electron chi connectivity index (χ4n) is 3.50. The fourth-order valence-corrected chi connectivity index (χ4v) is 3.50. The quantitative estimate of drug-likeness (QED) is 0.745. The van der Waals surface area contributed by atoms with E-state index < -0.39 is 0 Å². The number of hydrogen-bond acceptors (Lipinski definition) is 3. The van der Waals surface area contributed by atoms with Crippen molar-refractivity contribution in [3.05, 3.63) is 101 Å². The summed E-state index contributed by atoms with van der Waals surface area (Å²) in [6.07, 6.45) is 0.784. The van der Waals surface area contributed by atoms with E-state index in [-0.39, 0.29) is 11.8 Å². The van der Waals surface area contributed by atoms with E-state index in [1.165, 1.54) is 5.56 Å². The molecule has 0 unspecified atom stereocenters. The van der Waals surface area contributed by atoms with Gasteiger partial charge in [0.15, 0.2) is 0 Å². The Morgan fingerprint density at radius 1 is 0.897 bits per heavy atom. The number of amides is 2. The van der Waals surface area contributed by atoms with Crippen molar-refractivity contribution in [2.75, 3.05) is 11.9 Å². The van der Waals surface area contributed by atoms with Crippen LogP contribution in [0.2, 0.25) is 0 Å². The van der Waals surface area contributed by atoms with Gasteiger partial charge in [-0.05, 0) is 60.0 Å². The predicted molar refractivity (Wildman–Crippen MR) is 110 cm³/mol. The summed E-state index contributed by atoms with van der Waals surface area (Å²) in [5.41, 5.74) is 4.44. The molecule has 1 aliphatic rings. The summed E-state index contributed by atoms with van der Waals surface area (Å²) in [7, 11) is 0. The molecule has 2 amide bonds. The number of rotatable bonds is 3. The van der Waals surface area contributed by atoms with E-state index in [9.17, 15) is 9.59 Å². The number of nitriles is 1. The summed E-state index contributed by atoms with van der Waals surface area (Å²) in [5, 5.41) is 11.9. The van der Waals surface area contributed by atoms with E-state index in [0.717, 1.165) is 12.0 Å². The Kier molecular flexibility index (Phi) is 5.08. The molecular weight excluding hydrogens is 362 g/mol. The van der Waals surface area contributed by atoms with Gasteiger partial charge in [-0.2, -0.15) is 5.26 Å². The molecule has 0 saturated heterocycles. The SMILES string of the molecule is N#Cc1cccc(C(=O)Nc2ccc3c(c2)CN(C(=O)c2ccccc2)CC3)c1. The molecule has 0 spiro atoms. The molecule has 0 aliphatic carbocycles. The lowest BCUT2D eigenvalue weighted by atomic mass is 9.98. The van der Waals surface area contributed by atoms with Crippen molar-refractivity contribution in [1.82, 2.24) is 4.90 Å². The van der Waals surface area contributed by atoms with Gasteiger partial charge >= 0.3 is 0 Å². The smallest absolute Gasteiger partial charge is 0.255 e. The van der Waals surface area contributed by atoms with Crippen LogP contribution in [0.25, 0.3) is 0 Å². The average molecular weight is 381 g/mol. The molecule has 1 aliphatic heterocycles. The normalized spacial score (nSPS) is 12.6. The Balaban J connectivity index is 1.51.